The zero-order valence-corrected chi connectivity index (χ0v) is 13.6. The highest BCUT2D eigenvalue weighted by atomic mass is 79.9. The number of thiophene rings is 1. The molecule has 0 aromatic carbocycles. The molecule has 0 amide bonds. The van der Waals surface area contributed by atoms with E-state index >= 15 is 0 Å². The number of rotatable bonds is 5. The quantitative estimate of drug-likeness (QED) is 0.643. The van der Waals surface area contributed by atoms with Crippen LogP contribution < -0.4 is 10.6 Å². The van der Waals surface area contributed by atoms with E-state index in [1.807, 2.05) is 19.9 Å². The third-order valence-electron chi connectivity index (χ3n) is 2.52. The maximum absolute atomic E-state index is 5.35. The lowest BCUT2D eigenvalue weighted by molar-refractivity contribution is 0.0268. The third kappa shape index (κ3) is 5.37. The number of nitrogens with zero attached hydrogens (tertiary/aromatic N) is 1. The van der Waals surface area contributed by atoms with Gasteiger partial charge in [0.25, 0.3) is 0 Å². The van der Waals surface area contributed by atoms with Crippen molar-refractivity contribution in [2.75, 3.05) is 20.7 Å². The highest BCUT2D eigenvalue weighted by Crippen LogP contribution is 2.21. The number of hydrogen-bond acceptors (Lipinski definition) is 3. The van der Waals surface area contributed by atoms with E-state index in [1.165, 1.54) is 4.88 Å². The van der Waals surface area contributed by atoms with E-state index in [9.17, 15) is 0 Å². The molecule has 4 nitrogen and oxygen atoms in total. The fourth-order valence-corrected chi connectivity index (χ4v) is 2.63. The second-order valence-corrected chi connectivity index (χ2v) is 7.00. The first-order chi connectivity index (χ1) is 8.46. The second kappa shape index (κ2) is 7.11. The average molecular weight is 334 g/mol. The van der Waals surface area contributed by atoms with E-state index in [4.69, 9.17) is 4.74 Å². The monoisotopic (exact) mass is 333 g/mol. The standard InChI is InChI=1S/C12H20BrN3OS/c1-12(2,17-4)8-16-11(14-3)15-7-9-5-6-10(13)18-9/h5-6H,7-8H2,1-4H3,(H2,14,15,16). The van der Waals surface area contributed by atoms with Gasteiger partial charge >= 0.3 is 0 Å². The normalized spacial score (nSPS) is 12.6. The van der Waals surface area contributed by atoms with Gasteiger partial charge in [-0.3, -0.25) is 4.99 Å². The van der Waals surface area contributed by atoms with Gasteiger partial charge in [0.2, 0.25) is 0 Å². The molecule has 1 aromatic heterocycles. The fraction of sp³-hybridized carbons (Fsp3) is 0.583. The van der Waals surface area contributed by atoms with Crippen LogP contribution in [0.25, 0.3) is 0 Å². The predicted molar refractivity (Wildman–Crippen MR) is 81.3 cm³/mol. The first kappa shape index (κ1) is 15.5. The zero-order chi connectivity index (χ0) is 13.6. The molecule has 1 rings (SSSR count). The van der Waals surface area contributed by atoms with Crippen molar-refractivity contribution in [3.8, 4) is 0 Å². The Kier molecular flexibility index (Phi) is 6.11. The van der Waals surface area contributed by atoms with Crippen molar-refractivity contribution in [2.45, 2.75) is 26.0 Å². The molecule has 0 aliphatic heterocycles. The summed E-state index contributed by atoms with van der Waals surface area (Å²) >= 11 is 5.17. The Labute approximate surface area is 121 Å². The van der Waals surface area contributed by atoms with Gasteiger partial charge in [-0.05, 0) is 41.9 Å². The van der Waals surface area contributed by atoms with Gasteiger partial charge in [-0.2, -0.15) is 0 Å². The van der Waals surface area contributed by atoms with Gasteiger partial charge in [-0.1, -0.05) is 0 Å². The number of aliphatic imine (C=N–C) groups is 1. The van der Waals surface area contributed by atoms with Gasteiger partial charge in [0, 0.05) is 25.6 Å². The van der Waals surface area contributed by atoms with Crippen molar-refractivity contribution < 1.29 is 4.74 Å². The van der Waals surface area contributed by atoms with Crippen molar-refractivity contribution in [2.24, 2.45) is 4.99 Å². The van der Waals surface area contributed by atoms with Gasteiger partial charge in [0.1, 0.15) is 0 Å². The van der Waals surface area contributed by atoms with Crippen LogP contribution in [0.15, 0.2) is 20.9 Å². The summed E-state index contributed by atoms with van der Waals surface area (Å²) in [6.45, 7) is 5.54. The summed E-state index contributed by atoms with van der Waals surface area (Å²) in [4.78, 5) is 5.44. The number of halogens is 1. The maximum atomic E-state index is 5.35. The molecule has 0 bridgehead atoms. The molecular formula is C12H20BrN3OS. The largest absolute Gasteiger partial charge is 0.377 e. The molecule has 0 aliphatic carbocycles. The SMILES string of the molecule is CN=C(NCc1ccc(Br)s1)NCC(C)(C)OC. The van der Waals surface area contributed by atoms with Gasteiger partial charge in [0.15, 0.2) is 5.96 Å². The summed E-state index contributed by atoms with van der Waals surface area (Å²) in [6.07, 6.45) is 0. The Morgan fingerprint density at radius 2 is 2.17 bits per heavy atom. The molecule has 1 heterocycles. The number of hydrogen-bond donors (Lipinski definition) is 2. The Balaban J connectivity index is 2.39. The molecule has 0 radical (unpaired) electrons. The van der Waals surface area contributed by atoms with Crippen LogP contribution >= 0.6 is 27.3 Å². The molecule has 102 valence electrons. The van der Waals surface area contributed by atoms with E-state index in [1.54, 1.807) is 25.5 Å². The van der Waals surface area contributed by atoms with Crippen LogP contribution in [0.2, 0.25) is 0 Å². The number of guanidine groups is 1. The Hall–Kier alpha value is -0.590. The fourth-order valence-electron chi connectivity index (χ4n) is 1.21. The summed E-state index contributed by atoms with van der Waals surface area (Å²) in [6, 6.07) is 4.14. The summed E-state index contributed by atoms with van der Waals surface area (Å²) < 4.78 is 6.49. The van der Waals surface area contributed by atoms with Crippen LogP contribution in [0.1, 0.15) is 18.7 Å². The molecule has 0 saturated heterocycles. The lowest BCUT2D eigenvalue weighted by Gasteiger charge is -2.24. The Morgan fingerprint density at radius 1 is 1.44 bits per heavy atom. The second-order valence-electron chi connectivity index (χ2n) is 4.45. The lowest BCUT2D eigenvalue weighted by Crippen LogP contribution is -2.44. The van der Waals surface area contributed by atoms with Crippen molar-refractivity contribution in [3.63, 3.8) is 0 Å². The number of ether oxygens (including phenoxy) is 1. The first-order valence-electron chi connectivity index (χ1n) is 5.71. The minimum atomic E-state index is -0.205. The molecule has 6 heteroatoms. The lowest BCUT2D eigenvalue weighted by atomic mass is 10.1. The average Bonchev–Trinajstić information content (AvgIpc) is 2.75. The van der Waals surface area contributed by atoms with E-state index in [-0.39, 0.29) is 5.60 Å². The van der Waals surface area contributed by atoms with Crippen molar-refractivity contribution >= 4 is 33.2 Å². The molecular weight excluding hydrogens is 314 g/mol. The molecule has 0 aliphatic rings. The summed E-state index contributed by atoms with van der Waals surface area (Å²) in [7, 11) is 3.47. The van der Waals surface area contributed by atoms with E-state index in [0.717, 1.165) is 16.3 Å². The van der Waals surface area contributed by atoms with Crippen LogP contribution in [0.4, 0.5) is 0 Å². The molecule has 1 aromatic rings. The van der Waals surface area contributed by atoms with E-state index < -0.39 is 0 Å². The van der Waals surface area contributed by atoms with Crippen molar-refractivity contribution in [1.82, 2.24) is 10.6 Å². The summed E-state index contributed by atoms with van der Waals surface area (Å²) in [5.41, 5.74) is -0.205. The highest BCUT2D eigenvalue weighted by molar-refractivity contribution is 9.11. The minimum absolute atomic E-state index is 0.205. The van der Waals surface area contributed by atoms with Crippen molar-refractivity contribution in [3.05, 3.63) is 20.8 Å². The molecule has 0 spiro atoms. The summed E-state index contributed by atoms with van der Waals surface area (Å²) in [5.74, 6) is 0.782. The van der Waals surface area contributed by atoms with Gasteiger partial charge in [0.05, 0.1) is 15.9 Å². The van der Waals surface area contributed by atoms with Gasteiger partial charge in [-0.25, -0.2) is 0 Å². The van der Waals surface area contributed by atoms with Crippen LogP contribution in [-0.4, -0.2) is 32.3 Å². The van der Waals surface area contributed by atoms with Crippen LogP contribution in [0, 0.1) is 0 Å². The van der Waals surface area contributed by atoms with Crippen LogP contribution in [-0.2, 0) is 11.3 Å². The molecule has 0 atom stereocenters. The predicted octanol–water partition coefficient (Wildman–Crippen LogP) is 2.60. The smallest absolute Gasteiger partial charge is 0.191 e. The Bertz CT molecular complexity index is 404. The maximum Gasteiger partial charge on any atom is 0.191 e. The topological polar surface area (TPSA) is 45.7 Å². The zero-order valence-electron chi connectivity index (χ0n) is 11.2. The van der Waals surface area contributed by atoms with E-state index in [0.29, 0.717) is 6.54 Å². The van der Waals surface area contributed by atoms with Crippen molar-refractivity contribution in [1.29, 1.82) is 0 Å². The summed E-state index contributed by atoms with van der Waals surface area (Å²) in [5, 5.41) is 6.51. The van der Waals surface area contributed by atoms with E-state index in [2.05, 4.69) is 37.6 Å². The highest BCUT2D eigenvalue weighted by Gasteiger charge is 2.16. The number of nitrogens with one attached hydrogen (secondary N) is 2. The first-order valence-corrected chi connectivity index (χ1v) is 7.31. The third-order valence-corrected chi connectivity index (χ3v) is 4.14. The van der Waals surface area contributed by atoms with Crippen LogP contribution in [0.5, 0.6) is 0 Å². The molecule has 0 saturated carbocycles. The molecule has 2 N–H and O–H groups in total. The minimum Gasteiger partial charge on any atom is -0.377 e. The molecule has 0 unspecified atom stereocenters. The number of methoxy groups -OCH3 is 1. The molecule has 18 heavy (non-hydrogen) atoms. The van der Waals surface area contributed by atoms with Gasteiger partial charge in [-0.15, -0.1) is 11.3 Å². The van der Waals surface area contributed by atoms with Crippen LogP contribution in [0.3, 0.4) is 0 Å². The molecule has 0 fully saturated rings. The Morgan fingerprint density at radius 3 is 2.67 bits per heavy atom. The van der Waals surface area contributed by atoms with Gasteiger partial charge < -0.3 is 15.4 Å².